The maximum atomic E-state index is 13.2. The standard InChI is InChI=1S/C23H25ClN4O3S/c1-27-15-12-25-22(27)21(17-8-10-19(24)11-9-17)26-23(29)18-6-5-7-20(16-18)32(30,31)28-13-3-2-4-14-28/h5-12,15-16,21H,2-4,13-14H2,1H3,(H,26,29)/t21-/m0/s1. The zero-order chi connectivity index (χ0) is 22.7. The van der Waals surface area contributed by atoms with E-state index in [-0.39, 0.29) is 16.4 Å². The first-order valence-corrected chi connectivity index (χ1v) is 12.3. The lowest BCUT2D eigenvalue weighted by Crippen LogP contribution is -2.36. The van der Waals surface area contributed by atoms with Crippen molar-refractivity contribution in [2.75, 3.05) is 13.1 Å². The van der Waals surface area contributed by atoms with E-state index < -0.39 is 16.1 Å². The predicted octanol–water partition coefficient (Wildman–Crippen LogP) is 3.77. The summed E-state index contributed by atoms with van der Waals surface area (Å²) in [5, 5.41) is 3.59. The second-order valence-electron chi connectivity index (χ2n) is 7.85. The molecule has 2 heterocycles. The number of hydrogen-bond donors (Lipinski definition) is 1. The summed E-state index contributed by atoms with van der Waals surface area (Å²) in [5.74, 6) is 0.265. The van der Waals surface area contributed by atoms with Crippen LogP contribution in [0.25, 0.3) is 0 Å². The van der Waals surface area contributed by atoms with Gasteiger partial charge in [-0.1, -0.05) is 36.2 Å². The molecule has 0 aliphatic carbocycles. The summed E-state index contributed by atoms with van der Waals surface area (Å²) in [6.07, 6.45) is 6.21. The van der Waals surface area contributed by atoms with Crippen LogP contribution in [-0.2, 0) is 17.1 Å². The van der Waals surface area contributed by atoms with Crippen LogP contribution < -0.4 is 5.32 Å². The van der Waals surface area contributed by atoms with Crippen molar-refractivity contribution in [1.29, 1.82) is 0 Å². The van der Waals surface area contributed by atoms with Gasteiger partial charge in [-0.25, -0.2) is 13.4 Å². The van der Waals surface area contributed by atoms with Crippen LogP contribution >= 0.6 is 11.6 Å². The van der Waals surface area contributed by atoms with Gasteiger partial charge in [0.05, 0.1) is 4.90 Å². The largest absolute Gasteiger partial charge is 0.338 e. The molecule has 2 aromatic carbocycles. The van der Waals surface area contributed by atoms with Crippen LogP contribution in [-0.4, -0.2) is 41.3 Å². The third-order valence-corrected chi connectivity index (χ3v) is 7.79. The van der Waals surface area contributed by atoms with Gasteiger partial charge in [-0.05, 0) is 48.7 Å². The number of carbonyl (C=O) groups excluding carboxylic acids is 1. The lowest BCUT2D eigenvalue weighted by atomic mass is 10.1. The Morgan fingerprint density at radius 2 is 1.81 bits per heavy atom. The highest BCUT2D eigenvalue weighted by Gasteiger charge is 2.27. The highest BCUT2D eigenvalue weighted by atomic mass is 35.5. The Labute approximate surface area is 193 Å². The average Bonchev–Trinajstić information content (AvgIpc) is 3.24. The Balaban J connectivity index is 1.62. The molecule has 1 fully saturated rings. The zero-order valence-corrected chi connectivity index (χ0v) is 19.3. The average molecular weight is 473 g/mol. The lowest BCUT2D eigenvalue weighted by Gasteiger charge is -2.26. The first kappa shape index (κ1) is 22.5. The van der Waals surface area contributed by atoms with Crippen molar-refractivity contribution in [3.8, 4) is 0 Å². The van der Waals surface area contributed by atoms with Crippen molar-refractivity contribution in [3.63, 3.8) is 0 Å². The summed E-state index contributed by atoms with van der Waals surface area (Å²) < 4.78 is 29.4. The van der Waals surface area contributed by atoms with Crippen molar-refractivity contribution in [3.05, 3.63) is 82.9 Å². The molecule has 1 atom stereocenters. The molecule has 0 spiro atoms. The molecular formula is C23H25ClN4O3S. The molecule has 4 rings (SSSR count). The fraction of sp³-hybridized carbons (Fsp3) is 0.304. The third-order valence-electron chi connectivity index (χ3n) is 5.64. The fourth-order valence-corrected chi connectivity index (χ4v) is 5.56. The van der Waals surface area contributed by atoms with Gasteiger partial charge < -0.3 is 9.88 Å². The monoisotopic (exact) mass is 472 g/mol. The van der Waals surface area contributed by atoms with E-state index in [0.717, 1.165) is 24.8 Å². The van der Waals surface area contributed by atoms with Gasteiger partial charge >= 0.3 is 0 Å². The molecule has 7 nitrogen and oxygen atoms in total. The van der Waals surface area contributed by atoms with Crippen molar-refractivity contribution < 1.29 is 13.2 Å². The van der Waals surface area contributed by atoms with Crippen molar-refractivity contribution >= 4 is 27.5 Å². The smallest absolute Gasteiger partial charge is 0.252 e. The highest BCUT2D eigenvalue weighted by molar-refractivity contribution is 7.89. The summed E-state index contributed by atoms with van der Waals surface area (Å²) in [4.78, 5) is 17.7. The Bertz CT molecular complexity index is 1200. The number of halogens is 1. The molecule has 0 radical (unpaired) electrons. The molecular weight excluding hydrogens is 448 g/mol. The van der Waals surface area contributed by atoms with Gasteiger partial charge in [0, 0.05) is 43.1 Å². The van der Waals surface area contributed by atoms with Gasteiger partial charge in [-0.2, -0.15) is 4.31 Å². The minimum absolute atomic E-state index is 0.132. The molecule has 1 aromatic heterocycles. The molecule has 1 N–H and O–H groups in total. The molecule has 32 heavy (non-hydrogen) atoms. The number of benzene rings is 2. The van der Waals surface area contributed by atoms with Crippen LogP contribution in [0.3, 0.4) is 0 Å². The zero-order valence-electron chi connectivity index (χ0n) is 17.7. The van der Waals surface area contributed by atoms with E-state index in [4.69, 9.17) is 11.6 Å². The van der Waals surface area contributed by atoms with Gasteiger partial charge in [0.1, 0.15) is 11.9 Å². The second-order valence-corrected chi connectivity index (χ2v) is 10.2. The molecule has 3 aromatic rings. The molecule has 1 amide bonds. The number of aryl methyl sites for hydroxylation is 1. The SMILES string of the molecule is Cn1ccnc1[C@@H](NC(=O)c1cccc(S(=O)(=O)N2CCCCC2)c1)c1ccc(Cl)cc1. The minimum Gasteiger partial charge on any atom is -0.338 e. The number of aromatic nitrogens is 2. The van der Waals surface area contributed by atoms with E-state index in [9.17, 15) is 13.2 Å². The summed E-state index contributed by atoms with van der Waals surface area (Å²) in [6, 6.07) is 12.8. The summed E-state index contributed by atoms with van der Waals surface area (Å²) in [7, 11) is -1.78. The van der Waals surface area contributed by atoms with Crippen LogP contribution in [0.1, 0.15) is 47.1 Å². The van der Waals surface area contributed by atoms with Crippen molar-refractivity contribution in [1.82, 2.24) is 19.2 Å². The van der Waals surface area contributed by atoms with Crippen molar-refractivity contribution in [2.24, 2.45) is 7.05 Å². The van der Waals surface area contributed by atoms with E-state index >= 15 is 0 Å². The maximum Gasteiger partial charge on any atom is 0.252 e. The van der Waals surface area contributed by atoms with E-state index in [2.05, 4.69) is 10.3 Å². The fourth-order valence-electron chi connectivity index (χ4n) is 3.87. The van der Waals surface area contributed by atoms with Gasteiger partial charge in [-0.15, -0.1) is 0 Å². The molecule has 9 heteroatoms. The summed E-state index contributed by atoms with van der Waals surface area (Å²) in [5.41, 5.74) is 1.09. The number of hydrogen-bond acceptors (Lipinski definition) is 4. The number of amides is 1. The van der Waals surface area contributed by atoms with Crippen LogP contribution in [0.4, 0.5) is 0 Å². The number of rotatable bonds is 6. The Hall–Kier alpha value is -2.68. The highest BCUT2D eigenvalue weighted by Crippen LogP contribution is 2.24. The third kappa shape index (κ3) is 4.72. The van der Waals surface area contributed by atoms with Gasteiger partial charge in [0.15, 0.2) is 0 Å². The van der Waals surface area contributed by atoms with Crippen molar-refractivity contribution in [2.45, 2.75) is 30.2 Å². The topological polar surface area (TPSA) is 84.3 Å². The normalized spacial score (nSPS) is 15.9. The lowest BCUT2D eigenvalue weighted by molar-refractivity contribution is 0.0941. The molecule has 168 valence electrons. The van der Waals surface area contributed by atoms with E-state index in [1.54, 1.807) is 36.7 Å². The quantitative estimate of drug-likeness (QED) is 0.592. The number of piperidine rings is 1. The van der Waals surface area contributed by atoms with E-state index in [1.807, 2.05) is 23.7 Å². The second kappa shape index (κ2) is 9.44. The van der Waals surface area contributed by atoms with E-state index in [1.165, 1.54) is 16.4 Å². The number of nitrogens with zero attached hydrogens (tertiary/aromatic N) is 3. The van der Waals surface area contributed by atoms with Crippen LogP contribution in [0, 0.1) is 0 Å². The Morgan fingerprint density at radius 1 is 1.09 bits per heavy atom. The van der Waals surface area contributed by atoms with Gasteiger partial charge in [0.2, 0.25) is 10.0 Å². The summed E-state index contributed by atoms with van der Waals surface area (Å²) in [6.45, 7) is 1.02. The van der Waals surface area contributed by atoms with Crippen LogP contribution in [0.15, 0.2) is 65.8 Å². The van der Waals surface area contributed by atoms with Gasteiger partial charge in [0.25, 0.3) is 5.91 Å². The number of sulfonamides is 1. The van der Waals surface area contributed by atoms with Crippen LogP contribution in [0.5, 0.6) is 0 Å². The summed E-state index contributed by atoms with van der Waals surface area (Å²) >= 11 is 6.03. The number of carbonyl (C=O) groups is 1. The van der Waals surface area contributed by atoms with Gasteiger partial charge in [-0.3, -0.25) is 4.79 Å². The van der Waals surface area contributed by atoms with E-state index in [0.29, 0.717) is 23.9 Å². The molecule has 0 bridgehead atoms. The molecule has 1 aliphatic rings. The maximum absolute atomic E-state index is 13.2. The Morgan fingerprint density at radius 3 is 2.47 bits per heavy atom. The Kier molecular flexibility index (Phi) is 6.64. The predicted molar refractivity (Wildman–Crippen MR) is 123 cm³/mol. The minimum atomic E-state index is -3.63. The van der Waals surface area contributed by atoms with Crippen LogP contribution in [0.2, 0.25) is 5.02 Å². The molecule has 0 unspecified atom stereocenters. The molecule has 1 saturated heterocycles. The number of nitrogens with one attached hydrogen (secondary N) is 1. The first-order chi connectivity index (χ1) is 15.4. The number of imidazole rings is 1. The molecule has 1 aliphatic heterocycles. The molecule has 0 saturated carbocycles. The first-order valence-electron chi connectivity index (χ1n) is 10.5.